The van der Waals surface area contributed by atoms with Gasteiger partial charge in [-0.25, -0.2) is 8.78 Å². The Morgan fingerprint density at radius 1 is 1.30 bits per heavy atom. The van der Waals surface area contributed by atoms with Gasteiger partial charge in [0.1, 0.15) is 6.33 Å². The second-order valence-electron chi connectivity index (χ2n) is 6.00. The normalized spacial score (nSPS) is 27.4. The molecule has 2 aliphatic rings. The van der Waals surface area contributed by atoms with Crippen molar-refractivity contribution in [3.05, 3.63) is 18.1 Å². The molecule has 0 aromatic carbocycles. The van der Waals surface area contributed by atoms with Gasteiger partial charge >= 0.3 is 0 Å². The Hall–Kier alpha value is -1.79. The van der Waals surface area contributed by atoms with Crippen LogP contribution in [-0.4, -0.2) is 38.8 Å². The van der Waals surface area contributed by atoms with E-state index in [1.807, 2.05) is 11.0 Å². The molecular formula is C13H15F2N5. The lowest BCUT2D eigenvalue weighted by Crippen LogP contribution is -2.28. The average molecular weight is 279 g/mol. The molecule has 5 nitrogen and oxygen atoms in total. The molecule has 1 aliphatic heterocycles. The molecule has 0 amide bonds. The zero-order valence-corrected chi connectivity index (χ0v) is 11.3. The topological polar surface area (TPSA) is 46.3 Å². The van der Waals surface area contributed by atoms with Crippen molar-refractivity contribution in [3.8, 4) is 0 Å². The Morgan fingerprint density at radius 2 is 2.00 bits per heavy atom. The molecule has 1 saturated heterocycles. The van der Waals surface area contributed by atoms with Gasteiger partial charge in [-0.1, -0.05) is 13.8 Å². The average Bonchev–Trinajstić information content (AvgIpc) is 2.90. The predicted molar refractivity (Wildman–Crippen MR) is 69.0 cm³/mol. The number of nitrogens with zero attached hydrogens (tertiary/aromatic N) is 5. The number of alkyl halides is 2. The maximum absolute atomic E-state index is 13.3. The molecule has 0 spiro atoms. The highest BCUT2D eigenvalue weighted by Gasteiger charge is 2.71. The van der Waals surface area contributed by atoms with E-state index in [4.69, 9.17) is 0 Å². The predicted octanol–water partition coefficient (Wildman–Crippen LogP) is 1.95. The second kappa shape index (κ2) is 3.65. The minimum Gasteiger partial charge on any atom is -0.367 e. The molecule has 0 radical (unpaired) electrons. The summed E-state index contributed by atoms with van der Waals surface area (Å²) in [5, 5.41) is 12.4. The van der Waals surface area contributed by atoms with Gasteiger partial charge in [0.25, 0.3) is 5.92 Å². The van der Waals surface area contributed by atoms with E-state index in [2.05, 4.69) is 29.1 Å². The number of hydrogen-bond acceptors (Lipinski definition) is 4. The lowest BCUT2D eigenvalue weighted by Gasteiger charge is -2.23. The third-order valence-corrected chi connectivity index (χ3v) is 4.40. The van der Waals surface area contributed by atoms with E-state index in [0.29, 0.717) is 18.7 Å². The largest absolute Gasteiger partial charge is 0.367 e. The van der Waals surface area contributed by atoms with Gasteiger partial charge in [0.05, 0.1) is 23.2 Å². The zero-order chi connectivity index (χ0) is 14.1. The van der Waals surface area contributed by atoms with Gasteiger partial charge in [-0.3, -0.25) is 0 Å². The fraction of sp³-hybridized carbons (Fsp3) is 0.615. The molecule has 0 bridgehead atoms. The van der Waals surface area contributed by atoms with E-state index in [1.165, 1.54) is 0 Å². The van der Waals surface area contributed by atoms with Crippen molar-refractivity contribution >= 4 is 11.3 Å². The number of aromatic nitrogens is 4. The van der Waals surface area contributed by atoms with Crippen LogP contribution in [0, 0.1) is 11.8 Å². The molecule has 2 unspecified atom stereocenters. The van der Waals surface area contributed by atoms with Gasteiger partial charge in [-0.15, -0.1) is 10.2 Å². The van der Waals surface area contributed by atoms with Crippen LogP contribution >= 0.6 is 0 Å². The lowest BCUT2D eigenvalue weighted by molar-refractivity contribution is 0.0798. The SMILES string of the molecule is CC(C)c1cc(N2CC3C(C2)C3(F)F)c2nncn2n1. The van der Waals surface area contributed by atoms with Crippen molar-refractivity contribution in [2.75, 3.05) is 18.0 Å². The van der Waals surface area contributed by atoms with Crippen molar-refractivity contribution in [2.24, 2.45) is 11.8 Å². The third-order valence-electron chi connectivity index (χ3n) is 4.40. The molecule has 2 atom stereocenters. The first kappa shape index (κ1) is 12.0. The first-order chi connectivity index (χ1) is 9.48. The quantitative estimate of drug-likeness (QED) is 0.843. The minimum absolute atomic E-state index is 0.263. The molecule has 0 N–H and O–H groups in total. The summed E-state index contributed by atoms with van der Waals surface area (Å²) < 4.78 is 28.3. The molecule has 4 rings (SSSR count). The van der Waals surface area contributed by atoms with Crippen molar-refractivity contribution in [1.29, 1.82) is 0 Å². The van der Waals surface area contributed by atoms with Crippen LogP contribution in [0.15, 0.2) is 12.4 Å². The standard InChI is InChI=1S/C13H15F2N5/c1-7(2)10-3-11(12-17-16-6-20(12)18-10)19-4-8-9(5-19)13(8,14)15/h3,6-9H,4-5H2,1-2H3. The number of piperidine rings is 1. The van der Waals surface area contributed by atoms with Crippen LogP contribution in [0.25, 0.3) is 5.65 Å². The van der Waals surface area contributed by atoms with Gasteiger partial charge in [0.15, 0.2) is 0 Å². The number of anilines is 1. The fourth-order valence-corrected chi connectivity index (χ4v) is 3.05. The van der Waals surface area contributed by atoms with Crippen LogP contribution in [0.3, 0.4) is 0 Å². The van der Waals surface area contributed by atoms with Crippen LogP contribution in [0.5, 0.6) is 0 Å². The first-order valence-corrected chi connectivity index (χ1v) is 6.82. The molecule has 2 aromatic rings. The van der Waals surface area contributed by atoms with Crippen LogP contribution in [-0.2, 0) is 0 Å². The van der Waals surface area contributed by atoms with E-state index >= 15 is 0 Å². The van der Waals surface area contributed by atoms with E-state index < -0.39 is 17.8 Å². The van der Waals surface area contributed by atoms with Crippen molar-refractivity contribution in [1.82, 2.24) is 19.8 Å². The maximum Gasteiger partial charge on any atom is 0.258 e. The summed E-state index contributed by atoms with van der Waals surface area (Å²) in [6.45, 7) is 4.89. The summed E-state index contributed by atoms with van der Waals surface area (Å²) in [6, 6.07) is 1.96. The van der Waals surface area contributed by atoms with E-state index in [9.17, 15) is 8.78 Å². The number of hydrogen-bond donors (Lipinski definition) is 0. The fourth-order valence-electron chi connectivity index (χ4n) is 3.05. The van der Waals surface area contributed by atoms with Crippen molar-refractivity contribution < 1.29 is 8.78 Å². The number of halogens is 2. The van der Waals surface area contributed by atoms with E-state index in [-0.39, 0.29) is 5.92 Å². The molecule has 20 heavy (non-hydrogen) atoms. The van der Waals surface area contributed by atoms with E-state index in [1.54, 1.807) is 10.8 Å². The molecule has 2 aromatic heterocycles. The Balaban J connectivity index is 1.74. The third kappa shape index (κ3) is 1.49. The summed E-state index contributed by atoms with van der Waals surface area (Å²) in [5.41, 5.74) is 2.42. The molecule has 106 valence electrons. The van der Waals surface area contributed by atoms with Crippen LogP contribution in [0.2, 0.25) is 0 Å². The van der Waals surface area contributed by atoms with Crippen LogP contribution in [0.4, 0.5) is 14.5 Å². The van der Waals surface area contributed by atoms with Gasteiger partial charge in [0, 0.05) is 13.1 Å². The van der Waals surface area contributed by atoms with Gasteiger partial charge in [-0.2, -0.15) is 9.61 Å². The highest BCUT2D eigenvalue weighted by atomic mass is 19.3. The first-order valence-electron chi connectivity index (χ1n) is 6.82. The Kier molecular flexibility index (Phi) is 2.19. The molecule has 1 aliphatic carbocycles. The van der Waals surface area contributed by atoms with Crippen molar-refractivity contribution in [3.63, 3.8) is 0 Å². The summed E-state index contributed by atoms with van der Waals surface area (Å²) in [7, 11) is 0. The molecule has 2 fully saturated rings. The van der Waals surface area contributed by atoms with Crippen LogP contribution in [0.1, 0.15) is 25.5 Å². The Labute approximate surface area is 114 Å². The summed E-state index contributed by atoms with van der Waals surface area (Å²) in [6.07, 6.45) is 1.55. The van der Waals surface area contributed by atoms with Gasteiger partial charge in [0.2, 0.25) is 5.65 Å². The number of rotatable bonds is 2. The monoisotopic (exact) mass is 279 g/mol. The summed E-state index contributed by atoms with van der Waals surface area (Å²) >= 11 is 0. The Bertz CT molecular complexity index is 666. The maximum atomic E-state index is 13.3. The van der Waals surface area contributed by atoms with Crippen LogP contribution < -0.4 is 4.90 Å². The van der Waals surface area contributed by atoms with Crippen molar-refractivity contribution in [2.45, 2.75) is 25.7 Å². The highest BCUT2D eigenvalue weighted by molar-refractivity contribution is 5.69. The van der Waals surface area contributed by atoms with Gasteiger partial charge < -0.3 is 4.90 Å². The number of fused-ring (bicyclic) bond motifs is 2. The molecule has 3 heterocycles. The highest BCUT2D eigenvalue weighted by Crippen LogP contribution is 2.59. The Morgan fingerprint density at radius 3 is 2.65 bits per heavy atom. The summed E-state index contributed by atoms with van der Waals surface area (Å²) in [5.74, 6) is -3.20. The second-order valence-corrected chi connectivity index (χ2v) is 6.00. The smallest absolute Gasteiger partial charge is 0.258 e. The summed E-state index contributed by atoms with van der Waals surface area (Å²) in [4.78, 5) is 1.99. The molecular weight excluding hydrogens is 264 g/mol. The minimum atomic E-state index is -2.46. The van der Waals surface area contributed by atoms with Gasteiger partial charge in [-0.05, 0) is 12.0 Å². The zero-order valence-electron chi connectivity index (χ0n) is 11.3. The van der Waals surface area contributed by atoms with E-state index in [0.717, 1.165) is 11.4 Å². The molecule has 1 saturated carbocycles. The molecule has 7 heteroatoms. The lowest BCUT2D eigenvalue weighted by atomic mass is 10.1.